The minimum absolute atomic E-state index is 0.790. The van der Waals surface area contributed by atoms with Crippen LogP contribution in [0.2, 0.25) is 0 Å². The van der Waals surface area contributed by atoms with Crippen LogP contribution in [0, 0.1) is 6.92 Å². The van der Waals surface area contributed by atoms with Crippen molar-refractivity contribution in [3.05, 3.63) is 46.7 Å². The van der Waals surface area contributed by atoms with Crippen LogP contribution in [0.4, 0.5) is 5.69 Å². The van der Waals surface area contributed by atoms with Crippen molar-refractivity contribution in [1.29, 1.82) is 0 Å². The number of nitrogens with one attached hydrogen (secondary N) is 1. The summed E-state index contributed by atoms with van der Waals surface area (Å²) in [5, 5.41) is 11.5. The molecule has 1 aromatic carbocycles. The van der Waals surface area contributed by atoms with Gasteiger partial charge in [0.1, 0.15) is 6.33 Å². The van der Waals surface area contributed by atoms with E-state index >= 15 is 0 Å². The van der Waals surface area contributed by atoms with E-state index in [1.165, 1.54) is 4.88 Å². The number of anilines is 1. The summed E-state index contributed by atoms with van der Waals surface area (Å²) < 4.78 is 1.91. The summed E-state index contributed by atoms with van der Waals surface area (Å²) in [5.41, 5.74) is 5.09. The maximum absolute atomic E-state index is 4.26. The van der Waals surface area contributed by atoms with Crippen LogP contribution in [-0.4, -0.2) is 19.7 Å². The Morgan fingerprint density at radius 3 is 2.95 bits per heavy atom. The predicted molar refractivity (Wildman–Crippen MR) is 80.6 cm³/mol. The molecule has 0 saturated heterocycles. The largest absolute Gasteiger partial charge is 0.380 e. The highest BCUT2D eigenvalue weighted by atomic mass is 32.1. The Morgan fingerprint density at radius 1 is 1.35 bits per heavy atom. The smallest absolute Gasteiger partial charge is 0.163 e. The zero-order valence-corrected chi connectivity index (χ0v) is 12.2. The molecular weight excluding hydrogens is 270 g/mol. The van der Waals surface area contributed by atoms with Crippen molar-refractivity contribution in [3.63, 3.8) is 0 Å². The van der Waals surface area contributed by atoms with Crippen molar-refractivity contribution in [2.75, 3.05) is 5.32 Å². The molecule has 0 atom stereocenters. The van der Waals surface area contributed by atoms with Crippen LogP contribution < -0.4 is 5.32 Å². The summed E-state index contributed by atoms with van der Waals surface area (Å²) in [6, 6.07) is 8.19. The van der Waals surface area contributed by atoms with Gasteiger partial charge in [-0.05, 0) is 19.1 Å². The van der Waals surface area contributed by atoms with Gasteiger partial charge in [0.15, 0.2) is 5.82 Å². The van der Waals surface area contributed by atoms with Gasteiger partial charge in [0.05, 0.1) is 17.7 Å². The Bertz CT molecular complexity index is 716. The highest BCUT2D eigenvalue weighted by Gasteiger charge is 2.06. The van der Waals surface area contributed by atoms with Crippen LogP contribution >= 0.6 is 11.3 Å². The first-order valence-electron chi connectivity index (χ1n) is 6.31. The van der Waals surface area contributed by atoms with E-state index in [0.29, 0.717) is 0 Å². The third-order valence-electron chi connectivity index (χ3n) is 3.13. The lowest BCUT2D eigenvalue weighted by molar-refractivity contribution is 0.920. The summed E-state index contributed by atoms with van der Waals surface area (Å²) >= 11 is 1.67. The molecular formula is C14H15N5S. The van der Waals surface area contributed by atoms with Crippen LogP contribution in [0.1, 0.15) is 10.6 Å². The molecule has 0 aliphatic heterocycles. The summed E-state index contributed by atoms with van der Waals surface area (Å²) in [6.07, 6.45) is 1.70. The Hall–Kier alpha value is -2.21. The SMILES string of the molecule is Cc1ncsc1CNc1cccc(-c2nncn2C)c1. The molecule has 0 amide bonds. The van der Waals surface area contributed by atoms with E-state index in [0.717, 1.165) is 29.3 Å². The van der Waals surface area contributed by atoms with Gasteiger partial charge < -0.3 is 9.88 Å². The van der Waals surface area contributed by atoms with E-state index < -0.39 is 0 Å². The maximum atomic E-state index is 4.26. The zero-order chi connectivity index (χ0) is 13.9. The van der Waals surface area contributed by atoms with Crippen LogP contribution in [0.3, 0.4) is 0 Å². The molecule has 20 heavy (non-hydrogen) atoms. The number of aromatic nitrogens is 4. The lowest BCUT2D eigenvalue weighted by Gasteiger charge is -2.07. The fraction of sp³-hybridized carbons (Fsp3) is 0.214. The first-order valence-corrected chi connectivity index (χ1v) is 7.19. The second-order valence-electron chi connectivity index (χ2n) is 4.56. The number of nitrogens with zero attached hydrogens (tertiary/aromatic N) is 4. The van der Waals surface area contributed by atoms with Gasteiger partial charge >= 0.3 is 0 Å². The molecule has 0 fully saturated rings. The fourth-order valence-electron chi connectivity index (χ4n) is 1.99. The first-order chi connectivity index (χ1) is 9.74. The average Bonchev–Trinajstić information content (AvgIpc) is 3.05. The molecule has 2 heterocycles. The van der Waals surface area contributed by atoms with Crippen molar-refractivity contribution in [3.8, 4) is 11.4 Å². The second-order valence-corrected chi connectivity index (χ2v) is 5.50. The lowest BCUT2D eigenvalue weighted by Crippen LogP contribution is -1.99. The predicted octanol–water partition coefficient (Wildman–Crippen LogP) is 2.86. The number of aryl methyl sites for hydroxylation is 2. The Labute approximate surface area is 121 Å². The molecule has 1 N–H and O–H groups in total. The van der Waals surface area contributed by atoms with Gasteiger partial charge in [-0.3, -0.25) is 0 Å². The molecule has 0 bridgehead atoms. The van der Waals surface area contributed by atoms with Crippen LogP contribution in [0.25, 0.3) is 11.4 Å². The van der Waals surface area contributed by atoms with Gasteiger partial charge in [0.25, 0.3) is 0 Å². The van der Waals surface area contributed by atoms with E-state index in [2.05, 4.69) is 32.6 Å². The van der Waals surface area contributed by atoms with E-state index in [4.69, 9.17) is 0 Å². The van der Waals surface area contributed by atoms with Gasteiger partial charge in [-0.25, -0.2) is 4.98 Å². The Balaban J connectivity index is 1.78. The van der Waals surface area contributed by atoms with E-state index in [1.54, 1.807) is 17.7 Å². The molecule has 3 rings (SSSR count). The summed E-state index contributed by atoms with van der Waals surface area (Å²) in [4.78, 5) is 5.51. The minimum atomic E-state index is 0.790. The third-order valence-corrected chi connectivity index (χ3v) is 4.07. The standard InChI is InChI=1S/C14H15N5S/c1-10-13(20-9-16-10)7-15-12-5-3-4-11(6-12)14-18-17-8-19(14)2/h3-6,8-9,15H,7H2,1-2H3. The van der Waals surface area contributed by atoms with Crippen molar-refractivity contribution in [2.24, 2.45) is 7.05 Å². The van der Waals surface area contributed by atoms with Crippen LogP contribution in [0.5, 0.6) is 0 Å². The van der Waals surface area contributed by atoms with Crippen LogP contribution in [0.15, 0.2) is 36.1 Å². The topological polar surface area (TPSA) is 55.6 Å². The van der Waals surface area contributed by atoms with Gasteiger partial charge in [-0.15, -0.1) is 21.5 Å². The first kappa shape index (κ1) is 12.8. The Kier molecular flexibility index (Phi) is 3.47. The number of benzene rings is 1. The van der Waals surface area contributed by atoms with Gasteiger partial charge in [0, 0.05) is 23.2 Å². The molecule has 102 valence electrons. The number of hydrogen-bond acceptors (Lipinski definition) is 5. The molecule has 6 heteroatoms. The van der Waals surface area contributed by atoms with E-state index in [9.17, 15) is 0 Å². The van der Waals surface area contributed by atoms with Crippen LogP contribution in [-0.2, 0) is 13.6 Å². The minimum Gasteiger partial charge on any atom is -0.380 e. The average molecular weight is 285 g/mol. The maximum Gasteiger partial charge on any atom is 0.163 e. The zero-order valence-electron chi connectivity index (χ0n) is 11.4. The summed E-state index contributed by atoms with van der Waals surface area (Å²) in [6.45, 7) is 2.82. The number of hydrogen-bond donors (Lipinski definition) is 1. The molecule has 5 nitrogen and oxygen atoms in total. The summed E-state index contributed by atoms with van der Waals surface area (Å²) in [5.74, 6) is 0.864. The lowest BCUT2D eigenvalue weighted by atomic mass is 10.2. The molecule has 3 aromatic rings. The van der Waals surface area contributed by atoms with Gasteiger partial charge in [-0.1, -0.05) is 12.1 Å². The molecule has 0 radical (unpaired) electrons. The molecule has 0 aliphatic carbocycles. The number of thiazole rings is 1. The quantitative estimate of drug-likeness (QED) is 0.801. The van der Waals surface area contributed by atoms with Gasteiger partial charge in [-0.2, -0.15) is 0 Å². The highest BCUT2D eigenvalue weighted by molar-refractivity contribution is 7.09. The van der Waals surface area contributed by atoms with Gasteiger partial charge in [0.2, 0.25) is 0 Å². The van der Waals surface area contributed by atoms with E-state index in [1.807, 2.05) is 36.2 Å². The Morgan fingerprint density at radius 2 is 2.25 bits per heavy atom. The fourth-order valence-corrected chi connectivity index (χ4v) is 2.71. The molecule has 0 saturated carbocycles. The molecule has 0 unspecified atom stereocenters. The van der Waals surface area contributed by atoms with Crippen molar-refractivity contribution >= 4 is 17.0 Å². The second kappa shape index (κ2) is 5.42. The normalized spacial score (nSPS) is 10.7. The van der Waals surface area contributed by atoms with Crippen molar-refractivity contribution < 1.29 is 0 Å². The van der Waals surface area contributed by atoms with Crippen molar-refractivity contribution in [2.45, 2.75) is 13.5 Å². The molecule has 2 aromatic heterocycles. The molecule has 0 spiro atoms. The van der Waals surface area contributed by atoms with E-state index in [-0.39, 0.29) is 0 Å². The number of rotatable bonds is 4. The third kappa shape index (κ3) is 2.55. The monoisotopic (exact) mass is 285 g/mol. The molecule has 0 aliphatic rings. The highest BCUT2D eigenvalue weighted by Crippen LogP contribution is 2.21. The van der Waals surface area contributed by atoms with Crippen molar-refractivity contribution in [1.82, 2.24) is 19.7 Å². The summed E-state index contributed by atoms with van der Waals surface area (Å²) in [7, 11) is 1.94.